The Morgan fingerprint density at radius 1 is 1.47 bits per heavy atom. The fraction of sp³-hybridized carbons (Fsp3) is 0.167. The number of hydrogen-bond donors (Lipinski definition) is 0. The van der Waals surface area contributed by atoms with Crippen LogP contribution in [-0.2, 0) is 11.2 Å². The van der Waals surface area contributed by atoms with Crippen molar-refractivity contribution in [2.24, 2.45) is 0 Å². The molecule has 0 aliphatic carbocycles. The van der Waals surface area contributed by atoms with Crippen molar-refractivity contribution < 1.29 is 9.18 Å². The van der Waals surface area contributed by atoms with Crippen LogP contribution in [0, 0.1) is 29.0 Å². The second-order valence-electron chi connectivity index (χ2n) is 2.82. The highest BCUT2D eigenvalue weighted by molar-refractivity contribution is 5.55. The van der Waals surface area contributed by atoms with E-state index in [2.05, 4.69) is 11.8 Å². The van der Waals surface area contributed by atoms with E-state index < -0.39 is 5.82 Å². The van der Waals surface area contributed by atoms with Crippen molar-refractivity contribution in [1.82, 2.24) is 0 Å². The first-order valence-electron chi connectivity index (χ1n) is 4.36. The molecule has 0 aliphatic heterocycles. The van der Waals surface area contributed by atoms with Gasteiger partial charge in [-0.3, -0.25) is 0 Å². The number of nitrogens with zero attached hydrogens (tertiary/aromatic N) is 1. The summed E-state index contributed by atoms with van der Waals surface area (Å²) in [6.45, 7) is 0. The summed E-state index contributed by atoms with van der Waals surface area (Å²) >= 11 is 0. The molecule has 0 spiro atoms. The Morgan fingerprint density at radius 3 is 2.87 bits per heavy atom. The van der Waals surface area contributed by atoms with E-state index in [-0.39, 0.29) is 18.4 Å². The van der Waals surface area contributed by atoms with Gasteiger partial charge in [0.05, 0.1) is 24.5 Å². The third-order valence-corrected chi connectivity index (χ3v) is 1.73. The van der Waals surface area contributed by atoms with Crippen LogP contribution in [0.4, 0.5) is 4.39 Å². The molecule has 0 fully saturated rings. The first kappa shape index (κ1) is 10.9. The van der Waals surface area contributed by atoms with E-state index >= 15 is 0 Å². The average molecular weight is 201 g/mol. The second-order valence-corrected chi connectivity index (χ2v) is 2.82. The lowest BCUT2D eigenvalue weighted by Crippen LogP contribution is -1.88. The first-order valence-corrected chi connectivity index (χ1v) is 4.36. The standard InChI is InChI=1S/C12H8FNO/c13-12-9-10(6-7-14)4-5-11(12)3-1-2-8-15/h4-5,8-9H,2,6H2. The summed E-state index contributed by atoms with van der Waals surface area (Å²) in [5, 5.41) is 8.41. The minimum absolute atomic E-state index is 0.0966. The van der Waals surface area contributed by atoms with E-state index in [0.29, 0.717) is 11.8 Å². The predicted octanol–water partition coefficient (Wildman–Crippen LogP) is 1.83. The maximum absolute atomic E-state index is 13.3. The Hall–Kier alpha value is -2.13. The van der Waals surface area contributed by atoms with Crippen LogP contribution in [0.1, 0.15) is 17.5 Å². The van der Waals surface area contributed by atoms with Gasteiger partial charge in [-0.2, -0.15) is 5.26 Å². The predicted molar refractivity (Wildman–Crippen MR) is 53.3 cm³/mol. The number of nitriles is 1. The Labute approximate surface area is 87.3 Å². The van der Waals surface area contributed by atoms with Gasteiger partial charge in [-0.1, -0.05) is 17.9 Å². The molecule has 0 atom stereocenters. The van der Waals surface area contributed by atoms with Gasteiger partial charge in [0.25, 0.3) is 0 Å². The van der Waals surface area contributed by atoms with Crippen LogP contribution in [0.25, 0.3) is 0 Å². The molecule has 1 aromatic carbocycles. The third-order valence-electron chi connectivity index (χ3n) is 1.73. The molecule has 2 nitrogen and oxygen atoms in total. The number of benzene rings is 1. The number of hydrogen-bond acceptors (Lipinski definition) is 2. The summed E-state index contributed by atoms with van der Waals surface area (Å²) in [4.78, 5) is 9.99. The number of aldehydes is 1. The van der Waals surface area contributed by atoms with Crippen molar-refractivity contribution in [3.63, 3.8) is 0 Å². The Kier molecular flexibility index (Phi) is 4.06. The van der Waals surface area contributed by atoms with Crippen molar-refractivity contribution in [2.75, 3.05) is 0 Å². The van der Waals surface area contributed by atoms with Crippen molar-refractivity contribution in [2.45, 2.75) is 12.8 Å². The normalized spacial score (nSPS) is 8.53. The quantitative estimate of drug-likeness (QED) is 0.541. The highest BCUT2D eigenvalue weighted by Gasteiger charge is 2.00. The number of carbonyl (C=O) groups is 1. The van der Waals surface area contributed by atoms with E-state index in [1.807, 2.05) is 6.07 Å². The van der Waals surface area contributed by atoms with Gasteiger partial charge in [-0.15, -0.1) is 0 Å². The molecule has 0 heterocycles. The molecule has 0 saturated heterocycles. The van der Waals surface area contributed by atoms with Crippen LogP contribution in [0.2, 0.25) is 0 Å². The van der Waals surface area contributed by atoms with Crippen molar-refractivity contribution in [3.8, 4) is 17.9 Å². The summed E-state index contributed by atoms with van der Waals surface area (Å²) in [6, 6.07) is 6.38. The number of rotatable bonds is 2. The minimum atomic E-state index is -0.457. The summed E-state index contributed by atoms with van der Waals surface area (Å²) in [7, 11) is 0. The zero-order valence-electron chi connectivity index (χ0n) is 7.96. The van der Waals surface area contributed by atoms with Crippen molar-refractivity contribution in [1.29, 1.82) is 5.26 Å². The zero-order chi connectivity index (χ0) is 11.1. The van der Waals surface area contributed by atoms with Gasteiger partial charge in [0, 0.05) is 0 Å². The number of carbonyl (C=O) groups excluding carboxylic acids is 1. The summed E-state index contributed by atoms with van der Waals surface area (Å²) in [6.07, 6.45) is 0.938. The van der Waals surface area contributed by atoms with Gasteiger partial charge in [0.1, 0.15) is 12.1 Å². The lowest BCUT2D eigenvalue weighted by atomic mass is 10.1. The molecule has 0 N–H and O–H groups in total. The molecule has 74 valence electrons. The van der Waals surface area contributed by atoms with Gasteiger partial charge >= 0.3 is 0 Å². The Bertz CT molecular complexity index is 463. The molecule has 0 aliphatic rings. The molecule has 1 aromatic rings. The molecule has 0 unspecified atom stereocenters. The largest absolute Gasteiger partial charge is 0.302 e. The summed E-state index contributed by atoms with van der Waals surface area (Å²) in [5.41, 5.74) is 0.870. The molecular formula is C12H8FNO. The lowest BCUT2D eigenvalue weighted by Gasteiger charge is -1.97. The van der Waals surface area contributed by atoms with E-state index in [9.17, 15) is 9.18 Å². The van der Waals surface area contributed by atoms with Crippen LogP contribution in [-0.4, -0.2) is 6.29 Å². The SMILES string of the molecule is N#CCc1ccc(C#CCC=O)c(F)c1. The first-order chi connectivity index (χ1) is 7.27. The van der Waals surface area contributed by atoms with E-state index in [0.717, 1.165) is 0 Å². The second kappa shape index (κ2) is 5.57. The smallest absolute Gasteiger partial charge is 0.139 e. The summed E-state index contributed by atoms with van der Waals surface area (Å²) < 4.78 is 13.3. The van der Waals surface area contributed by atoms with E-state index in [4.69, 9.17) is 5.26 Å². The topological polar surface area (TPSA) is 40.9 Å². The third kappa shape index (κ3) is 3.25. The molecule has 0 aromatic heterocycles. The van der Waals surface area contributed by atoms with Crippen molar-refractivity contribution >= 4 is 6.29 Å². The van der Waals surface area contributed by atoms with Gasteiger partial charge < -0.3 is 4.79 Å². The minimum Gasteiger partial charge on any atom is -0.302 e. The van der Waals surface area contributed by atoms with Crippen LogP contribution < -0.4 is 0 Å². The molecule has 0 radical (unpaired) electrons. The maximum atomic E-state index is 13.3. The highest BCUT2D eigenvalue weighted by Crippen LogP contribution is 2.09. The molecule has 1 rings (SSSR count). The zero-order valence-corrected chi connectivity index (χ0v) is 7.96. The molecule has 15 heavy (non-hydrogen) atoms. The van der Waals surface area contributed by atoms with Gasteiger partial charge in [-0.05, 0) is 17.7 Å². The molecule has 3 heteroatoms. The Balaban J connectivity index is 2.90. The van der Waals surface area contributed by atoms with Crippen LogP contribution in [0.15, 0.2) is 18.2 Å². The number of halogens is 1. The highest BCUT2D eigenvalue weighted by atomic mass is 19.1. The van der Waals surface area contributed by atoms with Gasteiger partial charge in [0.15, 0.2) is 0 Å². The fourth-order valence-corrected chi connectivity index (χ4v) is 1.05. The molecule has 0 saturated carbocycles. The fourth-order valence-electron chi connectivity index (χ4n) is 1.05. The lowest BCUT2D eigenvalue weighted by molar-refractivity contribution is -0.107. The Morgan fingerprint density at radius 2 is 2.27 bits per heavy atom. The van der Waals surface area contributed by atoms with Crippen LogP contribution >= 0.6 is 0 Å². The summed E-state index contributed by atoms with van der Waals surface area (Å²) in [5.74, 6) is 4.61. The molecule has 0 bridgehead atoms. The van der Waals surface area contributed by atoms with Gasteiger partial charge in [-0.25, -0.2) is 4.39 Å². The molecular weight excluding hydrogens is 193 g/mol. The van der Waals surface area contributed by atoms with Crippen molar-refractivity contribution in [3.05, 3.63) is 35.1 Å². The monoisotopic (exact) mass is 201 g/mol. The van der Waals surface area contributed by atoms with E-state index in [1.165, 1.54) is 12.1 Å². The van der Waals surface area contributed by atoms with Gasteiger partial charge in [0.2, 0.25) is 0 Å². The van der Waals surface area contributed by atoms with Crippen LogP contribution in [0.5, 0.6) is 0 Å². The van der Waals surface area contributed by atoms with E-state index in [1.54, 1.807) is 6.07 Å². The average Bonchev–Trinajstić information content (AvgIpc) is 2.22. The van der Waals surface area contributed by atoms with Crippen LogP contribution in [0.3, 0.4) is 0 Å². The maximum Gasteiger partial charge on any atom is 0.139 e. The molecule has 0 amide bonds.